The summed E-state index contributed by atoms with van der Waals surface area (Å²) in [5.74, 6) is 0.805. The number of hydrogen-bond acceptors (Lipinski definition) is 9. The minimum Gasteiger partial charge on any atom is -0.487 e. The standard InChI is InChI=1S/C22H22N6O4S/c1-15-13-24-22(25-14-15)27-9-7-17(8-10-27)32-20-11-21(29)28(26-19(20)12-23)16-3-5-18(6-4-16)33(2,30)31/h3-6,11,13-14,17H,7-10H2,1-2H3. The lowest BCUT2D eigenvalue weighted by molar-refractivity contribution is 0.168. The lowest BCUT2D eigenvalue weighted by atomic mass is 10.1. The Bertz CT molecular complexity index is 1350. The van der Waals surface area contributed by atoms with E-state index in [-0.39, 0.29) is 22.4 Å². The van der Waals surface area contributed by atoms with E-state index in [0.29, 0.717) is 37.6 Å². The minimum atomic E-state index is -3.36. The Morgan fingerprint density at radius 2 is 1.76 bits per heavy atom. The van der Waals surface area contributed by atoms with Crippen LogP contribution in [-0.2, 0) is 9.84 Å². The molecule has 0 N–H and O–H groups in total. The predicted molar refractivity (Wildman–Crippen MR) is 120 cm³/mol. The Hall–Kier alpha value is -3.78. The third kappa shape index (κ3) is 5.01. The molecule has 170 valence electrons. The van der Waals surface area contributed by atoms with Crippen LogP contribution in [0.2, 0.25) is 0 Å². The fourth-order valence-corrected chi connectivity index (χ4v) is 4.16. The summed E-state index contributed by atoms with van der Waals surface area (Å²) in [7, 11) is -3.36. The molecule has 0 aliphatic carbocycles. The summed E-state index contributed by atoms with van der Waals surface area (Å²) >= 11 is 0. The van der Waals surface area contributed by atoms with Crippen LogP contribution < -0.4 is 15.2 Å². The number of piperidine rings is 1. The number of aromatic nitrogens is 4. The average molecular weight is 467 g/mol. The molecule has 0 spiro atoms. The molecule has 0 bridgehead atoms. The lowest BCUT2D eigenvalue weighted by Crippen LogP contribution is -2.39. The van der Waals surface area contributed by atoms with Gasteiger partial charge in [0.05, 0.1) is 16.6 Å². The highest BCUT2D eigenvalue weighted by Crippen LogP contribution is 2.22. The molecule has 1 saturated heterocycles. The molecule has 1 aliphatic heterocycles. The van der Waals surface area contributed by atoms with Gasteiger partial charge in [-0.3, -0.25) is 4.79 Å². The van der Waals surface area contributed by atoms with Crippen molar-refractivity contribution in [2.24, 2.45) is 0 Å². The van der Waals surface area contributed by atoms with Crippen LogP contribution in [-0.4, -0.2) is 53.6 Å². The molecule has 1 fully saturated rings. The van der Waals surface area contributed by atoms with E-state index in [1.165, 1.54) is 30.3 Å². The van der Waals surface area contributed by atoms with Gasteiger partial charge < -0.3 is 9.64 Å². The molecule has 2 aromatic heterocycles. The highest BCUT2D eigenvalue weighted by Gasteiger charge is 2.24. The van der Waals surface area contributed by atoms with Gasteiger partial charge in [-0.15, -0.1) is 5.10 Å². The van der Waals surface area contributed by atoms with Gasteiger partial charge in [0.15, 0.2) is 15.6 Å². The van der Waals surface area contributed by atoms with Crippen molar-refractivity contribution >= 4 is 15.8 Å². The van der Waals surface area contributed by atoms with Gasteiger partial charge in [-0.05, 0) is 36.8 Å². The first-order valence-corrected chi connectivity index (χ1v) is 12.2. The van der Waals surface area contributed by atoms with E-state index in [1.807, 2.05) is 13.0 Å². The minimum absolute atomic E-state index is 0.0221. The van der Waals surface area contributed by atoms with Crippen molar-refractivity contribution in [3.05, 3.63) is 64.3 Å². The molecule has 0 atom stereocenters. The molecule has 11 heteroatoms. The Labute approximate surface area is 191 Å². The molecule has 1 aliphatic rings. The zero-order valence-electron chi connectivity index (χ0n) is 18.2. The molecule has 0 amide bonds. The van der Waals surface area contributed by atoms with Crippen molar-refractivity contribution < 1.29 is 13.2 Å². The van der Waals surface area contributed by atoms with Crippen molar-refractivity contribution in [2.75, 3.05) is 24.2 Å². The maximum atomic E-state index is 12.7. The van der Waals surface area contributed by atoms with Crippen LogP contribution in [0.15, 0.2) is 52.4 Å². The van der Waals surface area contributed by atoms with E-state index < -0.39 is 15.4 Å². The Balaban J connectivity index is 1.49. The number of hydrogen-bond donors (Lipinski definition) is 0. The quantitative estimate of drug-likeness (QED) is 0.551. The zero-order chi connectivity index (χ0) is 23.6. The summed E-state index contributed by atoms with van der Waals surface area (Å²) < 4.78 is 30.3. The van der Waals surface area contributed by atoms with Gasteiger partial charge in [-0.1, -0.05) is 0 Å². The highest BCUT2D eigenvalue weighted by molar-refractivity contribution is 7.90. The topological polar surface area (TPSA) is 131 Å². The molecule has 0 radical (unpaired) electrons. The third-order valence-corrected chi connectivity index (χ3v) is 6.43. The summed E-state index contributed by atoms with van der Waals surface area (Å²) in [6.45, 7) is 3.31. The molecule has 0 unspecified atom stereocenters. The summed E-state index contributed by atoms with van der Waals surface area (Å²) in [5.41, 5.74) is 0.837. The van der Waals surface area contributed by atoms with Gasteiger partial charge >= 0.3 is 0 Å². The summed E-state index contributed by atoms with van der Waals surface area (Å²) in [6.07, 6.45) is 5.84. The fraction of sp³-hybridized carbons (Fsp3) is 0.318. The Kier molecular flexibility index (Phi) is 6.11. The van der Waals surface area contributed by atoms with E-state index in [2.05, 4.69) is 20.0 Å². The average Bonchev–Trinajstić information content (AvgIpc) is 2.80. The fourth-order valence-electron chi connectivity index (χ4n) is 3.53. The number of rotatable bonds is 5. The molecule has 1 aromatic carbocycles. The molecule has 3 heterocycles. The van der Waals surface area contributed by atoms with E-state index in [1.54, 1.807) is 12.4 Å². The van der Waals surface area contributed by atoms with E-state index >= 15 is 0 Å². The van der Waals surface area contributed by atoms with Gasteiger partial charge in [0.25, 0.3) is 5.56 Å². The van der Waals surface area contributed by atoms with Crippen LogP contribution in [0.3, 0.4) is 0 Å². The van der Waals surface area contributed by atoms with Gasteiger partial charge in [0.1, 0.15) is 12.2 Å². The number of nitrogens with zero attached hydrogens (tertiary/aromatic N) is 6. The van der Waals surface area contributed by atoms with Gasteiger partial charge in [-0.25, -0.2) is 18.4 Å². The monoisotopic (exact) mass is 466 g/mol. The molecular formula is C22H22N6O4S. The van der Waals surface area contributed by atoms with Crippen LogP contribution in [0.25, 0.3) is 5.69 Å². The highest BCUT2D eigenvalue weighted by atomic mass is 32.2. The number of nitriles is 1. The van der Waals surface area contributed by atoms with Crippen molar-refractivity contribution in [3.8, 4) is 17.5 Å². The predicted octanol–water partition coefficient (Wildman–Crippen LogP) is 1.65. The number of ether oxygens (including phenoxy) is 1. The maximum Gasteiger partial charge on any atom is 0.275 e. The molecule has 3 aromatic rings. The van der Waals surface area contributed by atoms with Gasteiger partial charge in [0, 0.05) is 44.6 Å². The molecular weight excluding hydrogens is 444 g/mol. The third-order valence-electron chi connectivity index (χ3n) is 5.30. The number of aryl methyl sites for hydroxylation is 1. The van der Waals surface area contributed by atoms with E-state index in [9.17, 15) is 18.5 Å². The summed E-state index contributed by atoms with van der Waals surface area (Å²) in [5, 5.41) is 13.7. The smallest absolute Gasteiger partial charge is 0.275 e. The van der Waals surface area contributed by atoms with E-state index in [4.69, 9.17) is 4.74 Å². The van der Waals surface area contributed by atoms with Gasteiger partial charge in [0.2, 0.25) is 11.6 Å². The molecule has 10 nitrogen and oxygen atoms in total. The van der Waals surface area contributed by atoms with Crippen LogP contribution in [0.4, 0.5) is 5.95 Å². The second kappa shape index (κ2) is 8.99. The Morgan fingerprint density at radius 1 is 1.12 bits per heavy atom. The first kappa shape index (κ1) is 22.4. The Morgan fingerprint density at radius 3 is 2.33 bits per heavy atom. The largest absolute Gasteiger partial charge is 0.487 e. The number of sulfone groups is 1. The van der Waals surface area contributed by atoms with Crippen LogP contribution in [0, 0.1) is 18.3 Å². The van der Waals surface area contributed by atoms with Crippen molar-refractivity contribution in [3.63, 3.8) is 0 Å². The summed E-state index contributed by atoms with van der Waals surface area (Å²) in [4.78, 5) is 23.6. The molecule has 0 saturated carbocycles. The van der Waals surface area contributed by atoms with E-state index in [0.717, 1.165) is 16.5 Å². The van der Waals surface area contributed by atoms with Crippen molar-refractivity contribution in [1.29, 1.82) is 5.26 Å². The second-order valence-electron chi connectivity index (χ2n) is 7.85. The van der Waals surface area contributed by atoms with Gasteiger partial charge in [-0.2, -0.15) is 9.94 Å². The number of anilines is 1. The van der Waals surface area contributed by atoms with Crippen LogP contribution >= 0.6 is 0 Å². The van der Waals surface area contributed by atoms with Crippen molar-refractivity contribution in [2.45, 2.75) is 30.8 Å². The second-order valence-corrected chi connectivity index (χ2v) is 9.87. The summed E-state index contributed by atoms with van der Waals surface area (Å²) in [6, 6.07) is 8.93. The van der Waals surface area contributed by atoms with Crippen LogP contribution in [0.1, 0.15) is 24.1 Å². The van der Waals surface area contributed by atoms with Crippen LogP contribution in [0.5, 0.6) is 5.75 Å². The normalized spacial score (nSPS) is 14.6. The number of benzene rings is 1. The lowest BCUT2D eigenvalue weighted by Gasteiger charge is -2.32. The zero-order valence-corrected chi connectivity index (χ0v) is 19.0. The molecule has 4 rings (SSSR count). The first-order valence-electron chi connectivity index (χ1n) is 10.3. The maximum absolute atomic E-state index is 12.7. The SMILES string of the molecule is Cc1cnc(N2CCC(Oc3cc(=O)n(-c4ccc(S(C)(=O)=O)cc4)nc3C#N)CC2)nc1. The first-order chi connectivity index (χ1) is 15.7. The molecule has 33 heavy (non-hydrogen) atoms. The van der Waals surface area contributed by atoms with Crippen molar-refractivity contribution in [1.82, 2.24) is 19.7 Å².